The summed E-state index contributed by atoms with van der Waals surface area (Å²) in [6.07, 6.45) is 5.29. The first kappa shape index (κ1) is 17.4. The average molecular weight is 344 g/mol. The van der Waals surface area contributed by atoms with Crippen LogP contribution in [0, 0.1) is 5.92 Å². The number of likely N-dealkylation sites (N-methyl/N-ethyl adjacent to an activating group) is 1. The van der Waals surface area contributed by atoms with Gasteiger partial charge in [-0.3, -0.25) is 19.4 Å². The van der Waals surface area contributed by atoms with Crippen LogP contribution in [-0.2, 0) is 20.8 Å². The van der Waals surface area contributed by atoms with Crippen LogP contribution < -0.4 is 0 Å². The lowest BCUT2D eigenvalue weighted by Gasteiger charge is -2.35. The maximum Gasteiger partial charge on any atom is 0.241 e. The Kier molecular flexibility index (Phi) is 5.01. The highest BCUT2D eigenvalue weighted by molar-refractivity contribution is 5.88. The van der Waals surface area contributed by atoms with Crippen molar-refractivity contribution < 1.29 is 14.4 Å². The van der Waals surface area contributed by atoms with Crippen LogP contribution in [0.5, 0.6) is 0 Å². The molecule has 3 amide bonds. The van der Waals surface area contributed by atoms with E-state index >= 15 is 0 Å². The summed E-state index contributed by atoms with van der Waals surface area (Å²) in [4.78, 5) is 46.4. The molecule has 1 aromatic heterocycles. The Bertz CT molecular complexity index is 662. The summed E-state index contributed by atoms with van der Waals surface area (Å²) in [5.74, 6) is -0.276. The zero-order chi connectivity index (χ0) is 18.0. The lowest BCUT2D eigenvalue weighted by Crippen LogP contribution is -2.51. The Morgan fingerprint density at radius 3 is 2.76 bits per heavy atom. The summed E-state index contributed by atoms with van der Waals surface area (Å²) >= 11 is 0. The molecule has 0 spiro atoms. The van der Waals surface area contributed by atoms with Crippen LogP contribution in [0.4, 0.5) is 0 Å². The number of carbonyl (C=O) groups is 3. The number of carbonyl (C=O) groups excluding carboxylic acids is 3. The Balaban J connectivity index is 1.71. The maximum absolute atomic E-state index is 12.7. The largest absolute Gasteiger partial charge is 0.347 e. The third-order valence-corrected chi connectivity index (χ3v) is 5.03. The van der Waals surface area contributed by atoms with Gasteiger partial charge < -0.3 is 14.7 Å². The first-order valence-corrected chi connectivity index (χ1v) is 8.63. The first-order valence-electron chi connectivity index (χ1n) is 8.63. The molecule has 2 atom stereocenters. The second-order valence-corrected chi connectivity index (χ2v) is 7.02. The van der Waals surface area contributed by atoms with Crippen molar-refractivity contribution in [1.29, 1.82) is 0 Å². The third kappa shape index (κ3) is 3.81. The number of pyridine rings is 1. The highest BCUT2D eigenvalue weighted by atomic mass is 16.2. The lowest BCUT2D eigenvalue weighted by molar-refractivity contribution is -0.145. The number of nitrogens with zero attached hydrogens (tertiary/aromatic N) is 4. The van der Waals surface area contributed by atoms with Crippen LogP contribution >= 0.6 is 0 Å². The van der Waals surface area contributed by atoms with Crippen LogP contribution in [0.25, 0.3) is 0 Å². The van der Waals surface area contributed by atoms with E-state index < -0.39 is 0 Å². The summed E-state index contributed by atoms with van der Waals surface area (Å²) < 4.78 is 0. The molecule has 0 unspecified atom stereocenters. The van der Waals surface area contributed by atoms with E-state index in [2.05, 4.69) is 4.98 Å². The minimum Gasteiger partial charge on any atom is -0.347 e. The molecule has 0 aliphatic carbocycles. The van der Waals surface area contributed by atoms with Gasteiger partial charge >= 0.3 is 0 Å². The normalized spacial score (nSPS) is 22.7. The zero-order valence-corrected chi connectivity index (χ0v) is 14.7. The van der Waals surface area contributed by atoms with E-state index in [-0.39, 0.29) is 42.6 Å². The second-order valence-electron chi connectivity index (χ2n) is 7.02. The summed E-state index contributed by atoms with van der Waals surface area (Å²) in [5, 5.41) is 0. The lowest BCUT2D eigenvalue weighted by atomic mass is 9.94. The van der Waals surface area contributed by atoms with E-state index in [1.54, 1.807) is 36.3 Å². The van der Waals surface area contributed by atoms with Gasteiger partial charge in [0.1, 0.15) is 6.54 Å². The third-order valence-electron chi connectivity index (χ3n) is 5.03. The van der Waals surface area contributed by atoms with Crippen LogP contribution in [0.1, 0.15) is 18.4 Å². The molecule has 3 aliphatic rings. The second kappa shape index (κ2) is 7.21. The number of hydrogen-bond donors (Lipinski definition) is 0. The predicted molar refractivity (Wildman–Crippen MR) is 91.4 cm³/mol. The molecule has 4 rings (SSSR count). The molecular weight excluding hydrogens is 320 g/mol. The number of hydrogen-bond acceptors (Lipinski definition) is 4. The fourth-order valence-electron chi connectivity index (χ4n) is 3.53. The maximum atomic E-state index is 12.7. The van der Waals surface area contributed by atoms with E-state index in [1.165, 1.54) is 4.90 Å². The van der Waals surface area contributed by atoms with Gasteiger partial charge in [0, 0.05) is 45.6 Å². The molecule has 134 valence electrons. The van der Waals surface area contributed by atoms with Crippen molar-refractivity contribution in [3.8, 4) is 0 Å². The van der Waals surface area contributed by atoms with Gasteiger partial charge in [0.15, 0.2) is 0 Å². The van der Waals surface area contributed by atoms with Crippen molar-refractivity contribution in [3.05, 3.63) is 30.1 Å². The van der Waals surface area contributed by atoms with E-state index in [9.17, 15) is 14.4 Å². The van der Waals surface area contributed by atoms with Gasteiger partial charge in [-0.1, -0.05) is 6.07 Å². The van der Waals surface area contributed by atoms with Gasteiger partial charge in [0.25, 0.3) is 0 Å². The Morgan fingerprint density at radius 2 is 2.08 bits per heavy atom. The Hall–Kier alpha value is -2.44. The van der Waals surface area contributed by atoms with E-state index in [1.807, 2.05) is 12.1 Å². The van der Waals surface area contributed by atoms with Crippen LogP contribution in [0.15, 0.2) is 24.5 Å². The molecule has 0 N–H and O–H groups in total. The summed E-state index contributed by atoms with van der Waals surface area (Å²) in [6, 6.07) is 3.62. The molecule has 4 heterocycles. The van der Waals surface area contributed by atoms with Gasteiger partial charge in [0.2, 0.25) is 17.7 Å². The monoisotopic (exact) mass is 344 g/mol. The molecule has 25 heavy (non-hydrogen) atoms. The van der Waals surface area contributed by atoms with Gasteiger partial charge in [0.05, 0.1) is 12.3 Å². The SMILES string of the molecule is CN(C)C(=O)CN1C(=O)[C@H]2CC[C@@H]1CN(C(=O)Cc1cccnc1)C2. The van der Waals surface area contributed by atoms with Gasteiger partial charge in [-0.05, 0) is 24.5 Å². The molecule has 2 bridgehead atoms. The van der Waals surface area contributed by atoms with Crippen molar-refractivity contribution >= 4 is 17.7 Å². The van der Waals surface area contributed by atoms with E-state index in [0.717, 1.165) is 18.4 Å². The standard InChI is InChI=1S/C18H24N4O3/c1-20(2)17(24)12-22-15-6-5-14(18(22)25)10-21(11-15)16(23)8-13-4-3-7-19-9-13/h3-4,7,9,14-15H,5-6,8,10-12H2,1-2H3/t14-,15+/m0/s1. The molecule has 3 saturated heterocycles. The van der Waals surface area contributed by atoms with Crippen LogP contribution in [-0.4, -0.2) is 77.2 Å². The molecule has 7 nitrogen and oxygen atoms in total. The van der Waals surface area contributed by atoms with Crippen molar-refractivity contribution in [2.75, 3.05) is 33.7 Å². The quantitative estimate of drug-likeness (QED) is 0.780. The molecule has 3 fully saturated rings. The van der Waals surface area contributed by atoms with Crippen molar-refractivity contribution in [3.63, 3.8) is 0 Å². The number of rotatable bonds is 4. The molecule has 0 radical (unpaired) electrons. The summed E-state index contributed by atoms with van der Waals surface area (Å²) in [6.45, 7) is 1.04. The minimum absolute atomic E-state index is 0.00290. The van der Waals surface area contributed by atoms with E-state index in [0.29, 0.717) is 13.1 Å². The smallest absolute Gasteiger partial charge is 0.241 e. The number of aromatic nitrogens is 1. The Morgan fingerprint density at radius 1 is 1.28 bits per heavy atom. The summed E-state index contributed by atoms with van der Waals surface area (Å²) in [7, 11) is 3.37. The van der Waals surface area contributed by atoms with Crippen molar-refractivity contribution in [1.82, 2.24) is 19.7 Å². The minimum atomic E-state index is -0.202. The number of amides is 3. The summed E-state index contributed by atoms with van der Waals surface area (Å²) in [5.41, 5.74) is 0.870. The average Bonchev–Trinajstić information content (AvgIpc) is 2.88. The first-order chi connectivity index (χ1) is 12.0. The topological polar surface area (TPSA) is 73.8 Å². The van der Waals surface area contributed by atoms with Gasteiger partial charge in [-0.25, -0.2) is 0 Å². The van der Waals surface area contributed by atoms with Crippen LogP contribution in [0.3, 0.4) is 0 Å². The molecule has 0 saturated carbocycles. The molecule has 7 heteroatoms. The highest BCUT2D eigenvalue weighted by Gasteiger charge is 2.42. The molecule has 3 aliphatic heterocycles. The molecule has 1 aromatic rings. The number of fused-ring (bicyclic) bond motifs is 4. The highest BCUT2D eigenvalue weighted by Crippen LogP contribution is 2.29. The predicted octanol–water partition coefficient (Wildman–Crippen LogP) is 0.162. The van der Waals surface area contributed by atoms with E-state index in [4.69, 9.17) is 0 Å². The number of piperidine rings is 1. The molecular formula is C18H24N4O3. The van der Waals surface area contributed by atoms with Crippen LogP contribution in [0.2, 0.25) is 0 Å². The fourth-order valence-corrected chi connectivity index (χ4v) is 3.53. The van der Waals surface area contributed by atoms with Crippen molar-refractivity contribution in [2.45, 2.75) is 25.3 Å². The van der Waals surface area contributed by atoms with Gasteiger partial charge in [-0.15, -0.1) is 0 Å². The fraction of sp³-hybridized carbons (Fsp3) is 0.556. The molecule has 0 aromatic carbocycles. The van der Waals surface area contributed by atoms with Gasteiger partial charge in [-0.2, -0.15) is 0 Å². The zero-order valence-electron chi connectivity index (χ0n) is 14.7. The Labute approximate surface area is 147 Å². The van der Waals surface area contributed by atoms with Crippen molar-refractivity contribution in [2.24, 2.45) is 5.92 Å².